The maximum absolute atomic E-state index is 12.7. The van der Waals surface area contributed by atoms with Crippen molar-refractivity contribution in [2.45, 2.75) is 26.4 Å². The highest BCUT2D eigenvalue weighted by atomic mass is 16.6. The first-order valence-electron chi connectivity index (χ1n) is 8.84. The Morgan fingerprint density at radius 1 is 1.15 bits per heavy atom. The predicted octanol–water partition coefficient (Wildman–Crippen LogP) is 3.34. The fourth-order valence-electron chi connectivity index (χ4n) is 3.10. The van der Waals surface area contributed by atoms with Gasteiger partial charge in [-0.05, 0) is 37.6 Å². The number of carbonyl (C=O) groups excluding carboxylic acids is 2. The smallest absolute Gasteiger partial charge is 0.274 e. The van der Waals surface area contributed by atoms with Crippen molar-refractivity contribution >= 4 is 17.5 Å². The van der Waals surface area contributed by atoms with Gasteiger partial charge >= 0.3 is 0 Å². The zero-order chi connectivity index (χ0) is 18.5. The molecule has 1 heterocycles. The number of hydrogen-bond acceptors (Lipinski definition) is 4. The molecule has 6 nitrogen and oxygen atoms in total. The number of nitrogens with one attached hydrogen (secondary N) is 2. The Balaban J connectivity index is 1.85. The summed E-state index contributed by atoms with van der Waals surface area (Å²) in [5.41, 5.74) is 5.33. The molecule has 0 saturated heterocycles. The third-order valence-corrected chi connectivity index (χ3v) is 4.26. The average molecular weight is 353 g/mol. The van der Waals surface area contributed by atoms with Gasteiger partial charge in [0, 0.05) is 28.9 Å². The van der Waals surface area contributed by atoms with Crippen molar-refractivity contribution in [3.63, 3.8) is 0 Å². The molecule has 0 fully saturated rings. The molecule has 26 heavy (non-hydrogen) atoms. The zero-order valence-electron chi connectivity index (χ0n) is 15.0. The number of hydrogen-bond donors (Lipinski definition) is 2. The lowest BCUT2D eigenvalue weighted by Gasteiger charge is -2.27. The number of hydroxylamine groups is 1. The summed E-state index contributed by atoms with van der Waals surface area (Å²) in [5, 5.41) is 3.40. The first-order chi connectivity index (χ1) is 12.7. The monoisotopic (exact) mass is 353 g/mol. The van der Waals surface area contributed by atoms with Crippen molar-refractivity contribution in [2.24, 2.45) is 0 Å². The second-order valence-electron chi connectivity index (χ2n) is 6.08. The van der Waals surface area contributed by atoms with Gasteiger partial charge in [0.25, 0.3) is 11.8 Å². The number of carbonyl (C=O) groups is 2. The van der Waals surface area contributed by atoms with E-state index in [-0.39, 0.29) is 18.0 Å². The maximum atomic E-state index is 12.7. The van der Waals surface area contributed by atoms with Gasteiger partial charge in [-0.15, -0.1) is 0 Å². The lowest BCUT2D eigenvalue weighted by molar-refractivity contribution is 0.0364. The summed E-state index contributed by atoms with van der Waals surface area (Å²) in [6.45, 7) is 4.91. The van der Waals surface area contributed by atoms with Gasteiger partial charge in [0.05, 0.1) is 6.61 Å². The molecule has 0 radical (unpaired) electrons. The molecule has 1 unspecified atom stereocenters. The molecule has 2 N–H and O–H groups in total. The van der Waals surface area contributed by atoms with Crippen LogP contribution in [0.1, 0.15) is 52.7 Å². The van der Waals surface area contributed by atoms with E-state index in [2.05, 4.69) is 10.8 Å². The van der Waals surface area contributed by atoms with Crippen LogP contribution in [0.15, 0.2) is 48.5 Å². The van der Waals surface area contributed by atoms with Crippen molar-refractivity contribution in [3.05, 3.63) is 65.2 Å². The van der Waals surface area contributed by atoms with Gasteiger partial charge in [-0.1, -0.05) is 31.2 Å². The van der Waals surface area contributed by atoms with Crippen LogP contribution in [-0.2, 0) is 4.84 Å². The quantitative estimate of drug-likeness (QED) is 0.749. The molecule has 0 saturated carbocycles. The second kappa shape index (κ2) is 8.01. The SMILES string of the molecule is CCCN1C(=O)c2ccccc2C1Nc1cccc(C(=O)NOCC)c1. The Bertz CT molecular complexity index is 806. The summed E-state index contributed by atoms with van der Waals surface area (Å²) >= 11 is 0. The predicted molar refractivity (Wildman–Crippen MR) is 99.7 cm³/mol. The number of benzene rings is 2. The van der Waals surface area contributed by atoms with Crippen LogP contribution >= 0.6 is 0 Å². The van der Waals surface area contributed by atoms with Gasteiger partial charge < -0.3 is 10.2 Å². The van der Waals surface area contributed by atoms with Crippen LogP contribution in [0.4, 0.5) is 5.69 Å². The van der Waals surface area contributed by atoms with E-state index in [0.717, 1.165) is 23.2 Å². The van der Waals surface area contributed by atoms with Crippen molar-refractivity contribution in [1.29, 1.82) is 0 Å². The van der Waals surface area contributed by atoms with Crippen molar-refractivity contribution in [1.82, 2.24) is 10.4 Å². The molecule has 1 aliphatic rings. The number of amides is 2. The topological polar surface area (TPSA) is 70.7 Å². The Morgan fingerprint density at radius 2 is 1.96 bits per heavy atom. The first-order valence-corrected chi connectivity index (χ1v) is 8.84. The van der Waals surface area contributed by atoms with E-state index in [1.54, 1.807) is 25.1 Å². The molecule has 2 aromatic carbocycles. The zero-order valence-corrected chi connectivity index (χ0v) is 15.0. The van der Waals surface area contributed by atoms with E-state index in [1.807, 2.05) is 42.2 Å². The minimum atomic E-state index is -0.302. The van der Waals surface area contributed by atoms with Crippen LogP contribution in [0.2, 0.25) is 0 Å². The molecular weight excluding hydrogens is 330 g/mol. The fraction of sp³-hybridized carbons (Fsp3) is 0.300. The van der Waals surface area contributed by atoms with E-state index in [0.29, 0.717) is 18.7 Å². The molecule has 0 aromatic heterocycles. The van der Waals surface area contributed by atoms with E-state index >= 15 is 0 Å². The van der Waals surface area contributed by atoms with Gasteiger partial charge in [-0.25, -0.2) is 5.48 Å². The van der Waals surface area contributed by atoms with Crippen LogP contribution in [0.5, 0.6) is 0 Å². The van der Waals surface area contributed by atoms with E-state index in [1.165, 1.54) is 0 Å². The Morgan fingerprint density at radius 3 is 2.73 bits per heavy atom. The second-order valence-corrected chi connectivity index (χ2v) is 6.08. The molecule has 0 aliphatic carbocycles. The van der Waals surface area contributed by atoms with Crippen molar-refractivity contribution < 1.29 is 14.4 Å². The fourth-order valence-corrected chi connectivity index (χ4v) is 3.10. The summed E-state index contributed by atoms with van der Waals surface area (Å²) in [6.07, 6.45) is 0.623. The normalized spacial score (nSPS) is 15.7. The highest BCUT2D eigenvalue weighted by molar-refractivity contribution is 5.99. The van der Waals surface area contributed by atoms with Crippen LogP contribution in [0, 0.1) is 0 Å². The number of fused-ring (bicyclic) bond motifs is 1. The molecule has 136 valence electrons. The minimum Gasteiger partial charge on any atom is -0.361 e. The summed E-state index contributed by atoms with van der Waals surface area (Å²) in [5.74, 6) is -0.269. The molecule has 0 bridgehead atoms. The Labute approximate surface area is 153 Å². The van der Waals surface area contributed by atoms with Crippen molar-refractivity contribution in [3.8, 4) is 0 Å². The highest BCUT2D eigenvalue weighted by Crippen LogP contribution is 2.34. The van der Waals surface area contributed by atoms with Crippen LogP contribution < -0.4 is 10.8 Å². The lowest BCUT2D eigenvalue weighted by Crippen LogP contribution is -2.33. The van der Waals surface area contributed by atoms with Gasteiger partial charge in [0.2, 0.25) is 0 Å². The Hall–Kier alpha value is -2.86. The highest BCUT2D eigenvalue weighted by Gasteiger charge is 2.35. The minimum absolute atomic E-state index is 0.0326. The summed E-state index contributed by atoms with van der Waals surface area (Å²) in [4.78, 5) is 31.6. The third kappa shape index (κ3) is 3.55. The summed E-state index contributed by atoms with van der Waals surface area (Å²) in [6, 6.07) is 14.8. The molecule has 1 atom stereocenters. The molecular formula is C20H23N3O3. The number of anilines is 1. The van der Waals surface area contributed by atoms with Crippen LogP contribution in [0.25, 0.3) is 0 Å². The molecule has 6 heteroatoms. The average Bonchev–Trinajstić information content (AvgIpc) is 2.93. The van der Waals surface area contributed by atoms with E-state index in [4.69, 9.17) is 4.84 Å². The largest absolute Gasteiger partial charge is 0.361 e. The summed E-state index contributed by atoms with van der Waals surface area (Å²) < 4.78 is 0. The van der Waals surface area contributed by atoms with Gasteiger partial charge in [0.1, 0.15) is 6.17 Å². The summed E-state index contributed by atoms with van der Waals surface area (Å²) in [7, 11) is 0. The molecule has 1 aliphatic heterocycles. The number of nitrogens with zero attached hydrogens (tertiary/aromatic N) is 1. The van der Waals surface area contributed by atoms with Gasteiger partial charge in [-0.2, -0.15) is 0 Å². The van der Waals surface area contributed by atoms with Crippen molar-refractivity contribution in [2.75, 3.05) is 18.5 Å². The van der Waals surface area contributed by atoms with E-state index < -0.39 is 0 Å². The molecule has 0 spiro atoms. The standard InChI is InChI=1S/C20H23N3O3/c1-3-12-23-18(16-10-5-6-11-17(16)20(23)25)21-15-9-7-8-14(13-15)19(24)22-26-4-2/h5-11,13,18,21H,3-4,12H2,1-2H3,(H,22,24). The lowest BCUT2D eigenvalue weighted by atomic mass is 10.1. The van der Waals surface area contributed by atoms with Crippen LogP contribution in [0.3, 0.4) is 0 Å². The van der Waals surface area contributed by atoms with Gasteiger partial charge in [-0.3, -0.25) is 14.4 Å². The van der Waals surface area contributed by atoms with E-state index in [9.17, 15) is 9.59 Å². The Kier molecular flexibility index (Phi) is 5.53. The molecule has 2 amide bonds. The molecule has 3 rings (SSSR count). The van der Waals surface area contributed by atoms with Crippen LogP contribution in [-0.4, -0.2) is 29.9 Å². The molecule has 2 aromatic rings. The third-order valence-electron chi connectivity index (χ3n) is 4.26. The first kappa shape index (κ1) is 17.9. The maximum Gasteiger partial charge on any atom is 0.274 e. The van der Waals surface area contributed by atoms with Gasteiger partial charge in [0.15, 0.2) is 0 Å². The number of rotatable bonds is 7.